The van der Waals surface area contributed by atoms with E-state index in [9.17, 15) is 0 Å². The second-order valence-corrected chi connectivity index (χ2v) is 6.79. The van der Waals surface area contributed by atoms with E-state index in [1.54, 1.807) is 0 Å². The Bertz CT molecular complexity index is 1250. The summed E-state index contributed by atoms with van der Waals surface area (Å²) in [5.74, 6) is 0. The first-order valence-electron chi connectivity index (χ1n) is 9.19. The minimum atomic E-state index is 0. The molecule has 2 aromatic heterocycles. The van der Waals surface area contributed by atoms with Gasteiger partial charge in [0.05, 0.1) is 16.8 Å². The average Bonchev–Trinajstić information content (AvgIpc) is 2.74. The fourth-order valence-electron chi connectivity index (χ4n) is 3.59. The zero-order chi connectivity index (χ0) is 18.1. The summed E-state index contributed by atoms with van der Waals surface area (Å²) in [6.45, 7) is 0.836. The lowest BCUT2D eigenvalue weighted by Gasteiger charge is -2.07. The summed E-state index contributed by atoms with van der Waals surface area (Å²) in [5, 5.41) is 2.39. The van der Waals surface area contributed by atoms with Crippen LogP contribution in [0.3, 0.4) is 0 Å². The number of pyridine rings is 2. The van der Waals surface area contributed by atoms with Gasteiger partial charge in [-0.1, -0.05) is 66.7 Å². The maximum absolute atomic E-state index is 4.89. The number of para-hydroxylation sites is 2. The maximum atomic E-state index is 4.89. The van der Waals surface area contributed by atoms with Crippen LogP contribution >= 0.6 is 0 Å². The molecule has 0 spiro atoms. The molecule has 0 radical (unpaired) electrons. The van der Waals surface area contributed by atoms with E-state index in [0.717, 1.165) is 23.3 Å². The Morgan fingerprint density at radius 3 is 2.25 bits per heavy atom. The van der Waals surface area contributed by atoms with E-state index in [1.165, 1.54) is 21.9 Å². The van der Waals surface area contributed by atoms with Crippen LogP contribution in [0.5, 0.6) is 0 Å². The smallest absolute Gasteiger partial charge is 0.212 e. The van der Waals surface area contributed by atoms with Crippen molar-refractivity contribution in [2.75, 3.05) is 0 Å². The van der Waals surface area contributed by atoms with Crippen molar-refractivity contribution in [1.29, 1.82) is 0 Å². The molecule has 0 bridgehead atoms. The summed E-state index contributed by atoms with van der Waals surface area (Å²) >= 11 is 0. The summed E-state index contributed by atoms with van der Waals surface area (Å²) in [6.07, 6.45) is 2.21. The van der Waals surface area contributed by atoms with Gasteiger partial charge in [-0.2, -0.15) is 4.57 Å². The molecule has 0 aliphatic carbocycles. The van der Waals surface area contributed by atoms with Crippen molar-refractivity contribution in [2.24, 2.45) is 0 Å². The number of hydrogen-bond acceptors (Lipinski definition) is 1. The number of fused-ring (bicyclic) bond motifs is 2. The zero-order valence-corrected chi connectivity index (χ0v) is 17.5. The molecule has 5 aromatic rings. The van der Waals surface area contributed by atoms with E-state index in [1.807, 2.05) is 12.1 Å². The third-order valence-corrected chi connectivity index (χ3v) is 4.94. The van der Waals surface area contributed by atoms with Crippen molar-refractivity contribution in [3.63, 3.8) is 0 Å². The van der Waals surface area contributed by atoms with Gasteiger partial charge in [-0.25, -0.2) is 4.98 Å². The summed E-state index contributed by atoms with van der Waals surface area (Å²) in [5.41, 5.74) is 5.68. The van der Waals surface area contributed by atoms with Crippen LogP contribution in [0.1, 0.15) is 5.56 Å². The molecule has 0 N–H and O–H groups in total. The Morgan fingerprint density at radius 1 is 0.679 bits per heavy atom. The number of halogens is 1. The summed E-state index contributed by atoms with van der Waals surface area (Å²) < 4.78 is 2.32. The molecule has 2 heterocycles. The van der Waals surface area contributed by atoms with E-state index < -0.39 is 0 Å². The molecule has 5 rings (SSSR count). The fourth-order valence-corrected chi connectivity index (χ4v) is 3.59. The molecular weight excluding hydrogens is 455 g/mol. The Labute approximate surface area is 181 Å². The lowest BCUT2D eigenvalue weighted by Crippen LogP contribution is -3.00. The molecule has 2 nitrogen and oxygen atoms in total. The standard InChI is InChI=1S/C25H19N2.HI/c1-2-8-19(9-3-1)17-27-18-22(16-21-11-5-7-13-25(21)27)24-15-14-20-10-4-6-12-23(20)26-24;/h1-16,18H,17H2;1H/q+1;/p-1. The van der Waals surface area contributed by atoms with Gasteiger partial charge >= 0.3 is 0 Å². The summed E-state index contributed by atoms with van der Waals surface area (Å²) in [6, 6.07) is 33.8. The van der Waals surface area contributed by atoms with Crippen LogP contribution in [-0.4, -0.2) is 4.98 Å². The Kier molecular flexibility index (Phi) is 5.35. The summed E-state index contributed by atoms with van der Waals surface area (Å²) in [7, 11) is 0. The lowest BCUT2D eigenvalue weighted by molar-refractivity contribution is -0.661. The van der Waals surface area contributed by atoms with Gasteiger partial charge in [0.2, 0.25) is 5.52 Å². The highest BCUT2D eigenvalue weighted by Gasteiger charge is 2.14. The summed E-state index contributed by atoms with van der Waals surface area (Å²) in [4.78, 5) is 4.89. The van der Waals surface area contributed by atoms with Gasteiger partial charge in [0.15, 0.2) is 12.7 Å². The third-order valence-electron chi connectivity index (χ3n) is 4.94. The largest absolute Gasteiger partial charge is 1.00 e. The van der Waals surface area contributed by atoms with Crippen LogP contribution in [-0.2, 0) is 6.54 Å². The quantitative estimate of drug-likeness (QED) is 0.290. The average molecular weight is 474 g/mol. The highest BCUT2D eigenvalue weighted by Crippen LogP contribution is 2.23. The molecule has 0 saturated heterocycles. The van der Waals surface area contributed by atoms with Crippen molar-refractivity contribution in [1.82, 2.24) is 4.98 Å². The Morgan fingerprint density at radius 2 is 1.39 bits per heavy atom. The van der Waals surface area contributed by atoms with Crippen LogP contribution in [0.2, 0.25) is 0 Å². The first-order valence-corrected chi connectivity index (χ1v) is 9.19. The van der Waals surface area contributed by atoms with Crippen LogP contribution in [0.25, 0.3) is 33.1 Å². The van der Waals surface area contributed by atoms with Crippen LogP contribution in [0, 0.1) is 0 Å². The van der Waals surface area contributed by atoms with Crippen molar-refractivity contribution in [2.45, 2.75) is 6.54 Å². The van der Waals surface area contributed by atoms with Crippen molar-refractivity contribution in [3.05, 3.63) is 109 Å². The molecule has 3 aromatic carbocycles. The van der Waals surface area contributed by atoms with Gasteiger partial charge in [0.1, 0.15) is 0 Å². The highest BCUT2D eigenvalue weighted by atomic mass is 127. The number of rotatable bonds is 3. The first-order chi connectivity index (χ1) is 13.4. The fraction of sp³-hybridized carbons (Fsp3) is 0.0400. The normalized spacial score (nSPS) is 10.7. The molecule has 0 aliphatic rings. The second kappa shape index (κ2) is 8.07. The SMILES string of the molecule is [I-].c1ccc(C[n+]2cc(-c3ccc4ccccc4n3)cc3ccccc32)cc1. The van der Waals surface area contributed by atoms with Crippen LogP contribution in [0.4, 0.5) is 0 Å². The van der Waals surface area contributed by atoms with Gasteiger partial charge in [-0.05, 0) is 24.3 Å². The molecule has 3 heteroatoms. The van der Waals surface area contributed by atoms with Gasteiger partial charge in [-0.3, -0.25) is 0 Å². The van der Waals surface area contributed by atoms with Crippen molar-refractivity contribution in [3.8, 4) is 11.3 Å². The zero-order valence-electron chi connectivity index (χ0n) is 15.3. The molecule has 0 saturated carbocycles. The minimum Gasteiger partial charge on any atom is -1.00 e. The monoisotopic (exact) mass is 474 g/mol. The Balaban J connectivity index is 0.00000192. The van der Waals surface area contributed by atoms with E-state index >= 15 is 0 Å². The topological polar surface area (TPSA) is 16.8 Å². The second-order valence-electron chi connectivity index (χ2n) is 6.79. The van der Waals surface area contributed by atoms with Gasteiger partial charge in [-0.15, -0.1) is 0 Å². The number of aromatic nitrogens is 2. The van der Waals surface area contributed by atoms with E-state index in [2.05, 4.69) is 95.7 Å². The predicted molar refractivity (Wildman–Crippen MR) is 110 cm³/mol. The Hall–Kier alpha value is -2.79. The molecule has 0 fully saturated rings. The molecule has 0 unspecified atom stereocenters. The van der Waals surface area contributed by atoms with Crippen molar-refractivity contribution >= 4 is 21.8 Å². The van der Waals surface area contributed by atoms with Gasteiger partial charge in [0.25, 0.3) is 0 Å². The molecule has 28 heavy (non-hydrogen) atoms. The van der Waals surface area contributed by atoms with Crippen molar-refractivity contribution < 1.29 is 28.5 Å². The maximum Gasteiger partial charge on any atom is 0.212 e. The van der Waals surface area contributed by atoms with Gasteiger partial charge in [0, 0.05) is 22.4 Å². The minimum absolute atomic E-state index is 0. The van der Waals surface area contributed by atoms with Gasteiger partial charge < -0.3 is 24.0 Å². The number of nitrogens with zero attached hydrogens (tertiary/aromatic N) is 2. The first kappa shape index (κ1) is 18.6. The predicted octanol–water partition coefficient (Wildman–Crippen LogP) is 2.39. The molecule has 0 aliphatic heterocycles. The lowest BCUT2D eigenvalue weighted by atomic mass is 10.1. The molecule has 0 amide bonds. The van der Waals surface area contributed by atoms with Crippen LogP contribution in [0.15, 0.2) is 103 Å². The number of benzene rings is 3. The van der Waals surface area contributed by atoms with E-state index in [4.69, 9.17) is 4.98 Å². The number of hydrogen-bond donors (Lipinski definition) is 0. The molecular formula is C25H19IN2. The highest BCUT2D eigenvalue weighted by molar-refractivity contribution is 5.84. The van der Waals surface area contributed by atoms with E-state index in [-0.39, 0.29) is 24.0 Å². The van der Waals surface area contributed by atoms with Crippen LogP contribution < -0.4 is 28.5 Å². The molecule has 0 atom stereocenters. The van der Waals surface area contributed by atoms with E-state index in [0.29, 0.717) is 0 Å². The molecule has 136 valence electrons. The third kappa shape index (κ3) is 3.62.